The number of rotatable bonds is 10. The van der Waals surface area contributed by atoms with Crippen LogP contribution >= 0.6 is 0 Å². The molecule has 142 valence electrons. The van der Waals surface area contributed by atoms with Crippen molar-refractivity contribution in [1.29, 1.82) is 0 Å². The zero-order chi connectivity index (χ0) is 18.8. The first-order valence-electron chi connectivity index (χ1n) is 9.37. The second-order valence-corrected chi connectivity index (χ2v) is 6.83. The number of pyridine rings is 1. The molecule has 4 N–H and O–H groups in total. The van der Waals surface area contributed by atoms with E-state index in [0.29, 0.717) is 31.7 Å². The molecule has 0 saturated heterocycles. The Morgan fingerprint density at radius 1 is 1.12 bits per heavy atom. The number of nitrogens with two attached hydrogens (primary N) is 1. The molecule has 0 spiro atoms. The summed E-state index contributed by atoms with van der Waals surface area (Å²) in [4.78, 5) is 39.0. The van der Waals surface area contributed by atoms with Crippen molar-refractivity contribution in [1.82, 2.24) is 10.3 Å². The van der Waals surface area contributed by atoms with Crippen LogP contribution in [0.3, 0.4) is 0 Å². The number of anilines is 1. The molecule has 7 nitrogen and oxygen atoms in total. The molecule has 1 heterocycles. The van der Waals surface area contributed by atoms with Crippen molar-refractivity contribution in [3.63, 3.8) is 0 Å². The highest BCUT2D eigenvalue weighted by atomic mass is 16.2. The van der Waals surface area contributed by atoms with E-state index in [0.717, 1.165) is 12.8 Å². The van der Waals surface area contributed by atoms with Crippen molar-refractivity contribution in [2.75, 3.05) is 11.9 Å². The Bertz CT molecular complexity index is 627. The van der Waals surface area contributed by atoms with E-state index in [2.05, 4.69) is 15.6 Å². The maximum absolute atomic E-state index is 11.9. The number of hydrogen-bond donors (Lipinski definition) is 3. The molecule has 0 unspecified atom stereocenters. The largest absolute Gasteiger partial charge is 0.365 e. The topological polar surface area (TPSA) is 114 Å². The second-order valence-electron chi connectivity index (χ2n) is 6.83. The molecule has 0 aliphatic heterocycles. The van der Waals surface area contributed by atoms with Gasteiger partial charge in [0.25, 0.3) is 5.91 Å². The lowest BCUT2D eigenvalue weighted by molar-refractivity contribution is -0.122. The van der Waals surface area contributed by atoms with Gasteiger partial charge in [-0.25, -0.2) is 4.98 Å². The molecule has 1 saturated carbocycles. The average molecular weight is 360 g/mol. The highest BCUT2D eigenvalue weighted by Crippen LogP contribution is 2.27. The van der Waals surface area contributed by atoms with Gasteiger partial charge in [0.05, 0.1) is 5.56 Å². The SMILES string of the molecule is NC(=O)c1cccnc1NC(=O)CCCCCNC(=O)CC1CCCC1. The minimum absolute atomic E-state index is 0.142. The lowest BCUT2D eigenvalue weighted by atomic mass is 10.0. The molecule has 1 aliphatic carbocycles. The maximum atomic E-state index is 11.9. The third kappa shape index (κ3) is 6.82. The van der Waals surface area contributed by atoms with E-state index in [1.54, 1.807) is 6.07 Å². The molecule has 0 aromatic carbocycles. The first-order valence-corrected chi connectivity index (χ1v) is 9.37. The number of primary amides is 1. The van der Waals surface area contributed by atoms with E-state index < -0.39 is 5.91 Å². The number of nitrogens with zero attached hydrogens (tertiary/aromatic N) is 1. The van der Waals surface area contributed by atoms with Gasteiger partial charge in [-0.1, -0.05) is 19.3 Å². The van der Waals surface area contributed by atoms with E-state index in [9.17, 15) is 14.4 Å². The van der Waals surface area contributed by atoms with Crippen molar-refractivity contribution >= 4 is 23.5 Å². The van der Waals surface area contributed by atoms with Crippen LogP contribution in [0, 0.1) is 5.92 Å². The molecule has 2 rings (SSSR count). The zero-order valence-corrected chi connectivity index (χ0v) is 15.1. The predicted octanol–water partition coefficient (Wildman–Crippen LogP) is 2.38. The number of carbonyl (C=O) groups is 3. The van der Waals surface area contributed by atoms with Gasteiger partial charge < -0.3 is 16.4 Å². The lowest BCUT2D eigenvalue weighted by Gasteiger charge is -2.09. The van der Waals surface area contributed by atoms with Crippen LogP contribution in [-0.4, -0.2) is 29.3 Å². The van der Waals surface area contributed by atoms with Crippen LogP contribution in [0.25, 0.3) is 0 Å². The highest BCUT2D eigenvalue weighted by molar-refractivity contribution is 6.01. The fourth-order valence-electron chi connectivity index (χ4n) is 3.26. The molecule has 7 heteroatoms. The highest BCUT2D eigenvalue weighted by Gasteiger charge is 2.18. The van der Waals surface area contributed by atoms with Crippen LogP contribution < -0.4 is 16.4 Å². The molecular weight excluding hydrogens is 332 g/mol. The first-order chi connectivity index (χ1) is 12.6. The third-order valence-corrected chi connectivity index (χ3v) is 4.68. The summed E-state index contributed by atoms with van der Waals surface area (Å²) in [5, 5.41) is 5.58. The summed E-state index contributed by atoms with van der Waals surface area (Å²) in [6, 6.07) is 3.12. The van der Waals surface area contributed by atoms with E-state index in [-0.39, 0.29) is 23.2 Å². The zero-order valence-electron chi connectivity index (χ0n) is 15.1. The fourth-order valence-corrected chi connectivity index (χ4v) is 3.26. The standard InChI is InChI=1S/C19H28N4O3/c20-18(26)15-9-6-12-22-19(15)23-16(24)10-2-1-5-11-21-17(25)13-14-7-3-4-8-14/h6,9,12,14H,1-5,7-8,10-11,13H2,(H2,20,26)(H,21,25)(H,22,23,24). The summed E-state index contributed by atoms with van der Waals surface area (Å²) in [6.07, 6.45) is 9.74. The summed E-state index contributed by atoms with van der Waals surface area (Å²) >= 11 is 0. The van der Waals surface area contributed by atoms with Crippen molar-refractivity contribution in [2.45, 2.75) is 57.8 Å². The number of hydrogen-bond acceptors (Lipinski definition) is 4. The van der Waals surface area contributed by atoms with Gasteiger partial charge in [-0.05, 0) is 43.7 Å². The molecule has 1 fully saturated rings. The minimum atomic E-state index is -0.623. The molecule has 0 bridgehead atoms. The molecule has 26 heavy (non-hydrogen) atoms. The summed E-state index contributed by atoms with van der Waals surface area (Å²) in [6.45, 7) is 0.652. The number of carbonyl (C=O) groups excluding carboxylic acids is 3. The average Bonchev–Trinajstić information content (AvgIpc) is 3.11. The fraction of sp³-hybridized carbons (Fsp3) is 0.579. The molecule has 1 aromatic rings. The Hall–Kier alpha value is -2.44. The smallest absolute Gasteiger partial charge is 0.252 e. The summed E-state index contributed by atoms with van der Waals surface area (Å²) in [7, 11) is 0. The molecule has 0 atom stereocenters. The first kappa shape index (κ1) is 19.9. The summed E-state index contributed by atoms with van der Waals surface area (Å²) < 4.78 is 0. The Kier molecular flexibility index (Phi) is 8.05. The van der Waals surface area contributed by atoms with Gasteiger partial charge in [-0.3, -0.25) is 14.4 Å². The Morgan fingerprint density at radius 2 is 1.88 bits per heavy atom. The maximum Gasteiger partial charge on any atom is 0.252 e. The van der Waals surface area contributed by atoms with Crippen LogP contribution in [0.2, 0.25) is 0 Å². The van der Waals surface area contributed by atoms with Gasteiger partial charge in [-0.15, -0.1) is 0 Å². The van der Waals surface area contributed by atoms with Crippen molar-refractivity contribution < 1.29 is 14.4 Å². The van der Waals surface area contributed by atoms with Gasteiger partial charge in [-0.2, -0.15) is 0 Å². The van der Waals surface area contributed by atoms with Crippen LogP contribution in [0.5, 0.6) is 0 Å². The van der Waals surface area contributed by atoms with Gasteiger partial charge in [0.1, 0.15) is 5.82 Å². The molecule has 1 aliphatic rings. The lowest BCUT2D eigenvalue weighted by Crippen LogP contribution is -2.26. The predicted molar refractivity (Wildman–Crippen MR) is 99.4 cm³/mol. The van der Waals surface area contributed by atoms with E-state index in [4.69, 9.17) is 5.73 Å². The molecule has 3 amide bonds. The van der Waals surface area contributed by atoms with Gasteiger partial charge in [0.15, 0.2) is 0 Å². The van der Waals surface area contributed by atoms with Crippen molar-refractivity contribution in [3.05, 3.63) is 23.9 Å². The minimum Gasteiger partial charge on any atom is -0.365 e. The molecular formula is C19H28N4O3. The quantitative estimate of drug-likeness (QED) is 0.556. The Labute approximate surface area is 154 Å². The molecule has 0 radical (unpaired) electrons. The summed E-state index contributed by atoms with van der Waals surface area (Å²) in [5.41, 5.74) is 5.46. The van der Waals surface area contributed by atoms with Crippen LogP contribution in [-0.2, 0) is 9.59 Å². The van der Waals surface area contributed by atoms with E-state index >= 15 is 0 Å². The number of aromatic nitrogens is 1. The Morgan fingerprint density at radius 3 is 2.62 bits per heavy atom. The van der Waals surface area contributed by atoms with Crippen LogP contribution in [0.15, 0.2) is 18.3 Å². The Balaban J connectivity index is 1.56. The van der Waals surface area contributed by atoms with Gasteiger partial charge >= 0.3 is 0 Å². The second kappa shape index (κ2) is 10.5. The molecule has 1 aromatic heterocycles. The van der Waals surface area contributed by atoms with Crippen LogP contribution in [0.4, 0.5) is 5.82 Å². The van der Waals surface area contributed by atoms with Gasteiger partial charge in [0.2, 0.25) is 11.8 Å². The normalized spacial score (nSPS) is 14.2. The van der Waals surface area contributed by atoms with Crippen LogP contribution in [0.1, 0.15) is 68.1 Å². The van der Waals surface area contributed by atoms with E-state index in [1.807, 2.05) is 0 Å². The number of nitrogens with one attached hydrogen (secondary N) is 2. The van der Waals surface area contributed by atoms with Crippen molar-refractivity contribution in [3.8, 4) is 0 Å². The third-order valence-electron chi connectivity index (χ3n) is 4.68. The summed E-state index contributed by atoms with van der Waals surface area (Å²) in [5.74, 6) is 0.0850. The monoisotopic (exact) mass is 360 g/mol. The number of unbranched alkanes of at least 4 members (excludes halogenated alkanes) is 2. The van der Waals surface area contributed by atoms with E-state index in [1.165, 1.54) is 37.9 Å². The van der Waals surface area contributed by atoms with Gasteiger partial charge in [0, 0.05) is 25.6 Å². The number of amides is 3. The van der Waals surface area contributed by atoms with Crippen molar-refractivity contribution in [2.24, 2.45) is 11.7 Å².